The minimum atomic E-state index is -0.954. The quantitative estimate of drug-likeness (QED) is 0.849. The van der Waals surface area contributed by atoms with Crippen molar-refractivity contribution in [2.45, 2.75) is 25.7 Å². The van der Waals surface area contributed by atoms with Gasteiger partial charge in [-0.05, 0) is 43.2 Å². The van der Waals surface area contributed by atoms with E-state index in [1.54, 1.807) is 12.1 Å². The Bertz CT molecular complexity index is 454. The maximum Gasteiger partial charge on any atom is 0.354 e. The van der Waals surface area contributed by atoms with Gasteiger partial charge in [0.05, 0.1) is 0 Å². The number of aromatic carboxylic acids is 1. The smallest absolute Gasteiger partial charge is 0.354 e. The minimum absolute atomic E-state index is 0.137. The van der Waals surface area contributed by atoms with Gasteiger partial charge in [-0.15, -0.1) is 0 Å². The van der Waals surface area contributed by atoms with Gasteiger partial charge in [0.25, 0.3) is 0 Å². The van der Waals surface area contributed by atoms with Gasteiger partial charge < -0.3 is 10.0 Å². The standard InChI is InChI=1S/C13H16N2O2/c16-12(17)10-3-1-4-11(14-10)15-8-2-5-13(9-15)6-7-13/h1,3-4H,2,5-9H2,(H,16,17). The molecule has 1 N–H and O–H groups in total. The van der Waals surface area contributed by atoms with Gasteiger partial charge in [0.15, 0.2) is 5.69 Å². The molecular weight excluding hydrogens is 216 g/mol. The van der Waals surface area contributed by atoms with Crippen molar-refractivity contribution in [3.05, 3.63) is 23.9 Å². The molecular formula is C13H16N2O2. The van der Waals surface area contributed by atoms with Crippen molar-refractivity contribution < 1.29 is 9.90 Å². The van der Waals surface area contributed by atoms with E-state index in [-0.39, 0.29) is 5.69 Å². The summed E-state index contributed by atoms with van der Waals surface area (Å²) in [6, 6.07) is 5.23. The summed E-state index contributed by atoms with van der Waals surface area (Å²) in [5, 5.41) is 8.94. The molecule has 1 aliphatic carbocycles. The van der Waals surface area contributed by atoms with E-state index in [4.69, 9.17) is 5.11 Å². The molecule has 2 fully saturated rings. The lowest BCUT2D eigenvalue weighted by atomic mass is 9.95. The van der Waals surface area contributed by atoms with Crippen molar-refractivity contribution in [3.8, 4) is 0 Å². The average molecular weight is 232 g/mol. The van der Waals surface area contributed by atoms with Gasteiger partial charge in [0, 0.05) is 13.1 Å². The van der Waals surface area contributed by atoms with E-state index in [0.29, 0.717) is 5.41 Å². The van der Waals surface area contributed by atoms with Crippen molar-refractivity contribution in [1.82, 2.24) is 4.98 Å². The number of pyridine rings is 1. The Morgan fingerprint density at radius 1 is 1.35 bits per heavy atom. The molecule has 1 saturated heterocycles. The first kappa shape index (κ1) is 10.6. The van der Waals surface area contributed by atoms with E-state index in [2.05, 4.69) is 9.88 Å². The van der Waals surface area contributed by atoms with Gasteiger partial charge in [-0.25, -0.2) is 9.78 Å². The van der Waals surface area contributed by atoms with Crippen LogP contribution in [-0.2, 0) is 0 Å². The molecule has 2 aliphatic rings. The fourth-order valence-corrected chi connectivity index (χ4v) is 2.71. The van der Waals surface area contributed by atoms with Gasteiger partial charge in [0.1, 0.15) is 5.82 Å². The maximum absolute atomic E-state index is 10.9. The zero-order valence-electron chi connectivity index (χ0n) is 9.72. The Morgan fingerprint density at radius 2 is 2.18 bits per heavy atom. The summed E-state index contributed by atoms with van der Waals surface area (Å²) in [5.41, 5.74) is 0.664. The van der Waals surface area contributed by atoms with Crippen LogP contribution in [0.4, 0.5) is 5.82 Å². The second kappa shape index (κ2) is 3.72. The third kappa shape index (κ3) is 1.99. The van der Waals surface area contributed by atoms with Crippen LogP contribution in [0.5, 0.6) is 0 Å². The highest BCUT2D eigenvalue weighted by atomic mass is 16.4. The number of carboxylic acid groups (broad SMARTS) is 1. The van der Waals surface area contributed by atoms with Crippen LogP contribution >= 0.6 is 0 Å². The zero-order chi connectivity index (χ0) is 11.9. The first-order valence-electron chi connectivity index (χ1n) is 6.14. The molecule has 0 aromatic carbocycles. The molecule has 90 valence electrons. The predicted octanol–water partition coefficient (Wildman–Crippen LogP) is 2.16. The van der Waals surface area contributed by atoms with Crippen molar-refractivity contribution in [2.75, 3.05) is 18.0 Å². The van der Waals surface area contributed by atoms with E-state index in [1.165, 1.54) is 25.7 Å². The Balaban J connectivity index is 1.83. The van der Waals surface area contributed by atoms with Crippen molar-refractivity contribution >= 4 is 11.8 Å². The molecule has 4 heteroatoms. The van der Waals surface area contributed by atoms with Crippen LogP contribution in [0.1, 0.15) is 36.2 Å². The lowest BCUT2D eigenvalue weighted by Crippen LogP contribution is -2.37. The number of rotatable bonds is 2. The number of hydrogen-bond donors (Lipinski definition) is 1. The monoisotopic (exact) mass is 232 g/mol. The Kier molecular flexibility index (Phi) is 2.31. The SMILES string of the molecule is O=C(O)c1cccc(N2CCCC3(CC3)C2)n1. The molecule has 0 atom stereocenters. The van der Waals surface area contributed by atoms with Crippen molar-refractivity contribution in [3.63, 3.8) is 0 Å². The van der Waals surface area contributed by atoms with E-state index in [9.17, 15) is 4.79 Å². The largest absolute Gasteiger partial charge is 0.477 e. The molecule has 1 aliphatic heterocycles. The van der Waals surface area contributed by atoms with Crippen LogP contribution in [-0.4, -0.2) is 29.1 Å². The molecule has 0 bridgehead atoms. The molecule has 1 aromatic heterocycles. The summed E-state index contributed by atoms with van der Waals surface area (Å²) in [7, 11) is 0. The van der Waals surface area contributed by atoms with Gasteiger partial charge in [-0.2, -0.15) is 0 Å². The Labute approximate surface area is 100 Å². The van der Waals surface area contributed by atoms with Crippen LogP contribution in [0, 0.1) is 5.41 Å². The molecule has 0 amide bonds. The maximum atomic E-state index is 10.9. The minimum Gasteiger partial charge on any atom is -0.477 e. The number of hydrogen-bond acceptors (Lipinski definition) is 3. The van der Waals surface area contributed by atoms with Crippen molar-refractivity contribution in [1.29, 1.82) is 0 Å². The number of aromatic nitrogens is 1. The van der Waals surface area contributed by atoms with Gasteiger partial charge in [-0.1, -0.05) is 6.07 Å². The van der Waals surface area contributed by atoms with Crippen LogP contribution in [0.2, 0.25) is 0 Å². The summed E-state index contributed by atoms with van der Waals surface area (Å²) in [5.74, 6) is -0.138. The predicted molar refractivity (Wildman–Crippen MR) is 64.3 cm³/mol. The normalized spacial score (nSPS) is 21.5. The highest BCUT2D eigenvalue weighted by molar-refractivity contribution is 5.85. The molecule has 3 rings (SSSR count). The number of nitrogens with zero attached hydrogens (tertiary/aromatic N) is 2. The van der Waals surface area contributed by atoms with E-state index >= 15 is 0 Å². The second-order valence-electron chi connectivity index (χ2n) is 5.21. The number of carboxylic acids is 1. The van der Waals surface area contributed by atoms with Gasteiger partial charge in [0.2, 0.25) is 0 Å². The van der Waals surface area contributed by atoms with Crippen LogP contribution in [0.3, 0.4) is 0 Å². The highest BCUT2D eigenvalue weighted by Crippen LogP contribution is 2.52. The molecule has 2 heterocycles. The lowest BCUT2D eigenvalue weighted by Gasteiger charge is -2.33. The van der Waals surface area contributed by atoms with Gasteiger partial charge >= 0.3 is 5.97 Å². The number of carbonyl (C=O) groups is 1. The number of anilines is 1. The van der Waals surface area contributed by atoms with Crippen molar-refractivity contribution in [2.24, 2.45) is 5.41 Å². The first-order valence-corrected chi connectivity index (χ1v) is 6.14. The Hall–Kier alpha value is -1.58. The Morgan fingerprint density at radius 3 is 2.88 bits per heavy atom. The van der Waals surface area contributed by atoms with Crippen LogP contribution < -0.4 is 4.90 Å². The summed E-state index contributed by atoms with van der Waals surface area (Å²) in [6.07, 6.45) is 5.16. The van der Waals surface area contributed by atoms with Crippen LogP contribution in [0.25, 0.3) is 0 Å². The summed E-state index contributed by atoms with van der Waals surface area (Å²) < 4.78 is 0. The fraction of sp³-hybridized carbons (Fsp3) is 0.538. The van der Waals surface area contributed by atoms with E-state index < -0.39 is 5.97 Å². The van der Waals surface area contributed by atoms with Gasteiger partial charge in [-0.3, -0.25) is 0 Å². The summed E-state index contributed by atoms with van der Waals surface area (Å²) in [4.78, 5) is 17.3. The summed E-state index contributed by atoms with van der Waals surface area (Å²) >= 11 is 0. The molecule has 1 spiro atoms. The third-order valence-corrected chi connectivity index (χ3v) is 3.90. The topological polar surface area (TPSA) is 53.4 Å². The molecule has 0 radical (unpaired) electrons. The lowest BCUT2D eigenvalue weighted by molar-refractivity contribution is 0.0690. The molecule has 17 heavy (non-hydrogen) atoms. The molecule has 4 nitrogen and oxygen atoms in total. The molecule has 1 aromatic rings. The molecule has 0 unspecified atom stereocenters. The van der Waals surface area contributed by atoms with E-state index in [0.717, 1.165) is 18.9 Å². The molecule has 1 saturated carbocycles. The van der Waals surface area contributed by atoms with E-state index in [1.807, 2.05) is 6.07 Å². The average Bonchev–Trinajstić information content (AvgIpc) is 3.08. The fourth-order valence-electron chi connectivity index (χ4n) is 2.71. The first-order chi connectivity index (χ1) is 8.19. The van der Waals surface area contributed by atoms with Crippen LogP contribution in [0.15, 0.2) is 18.2 Å². The third-order valence-electron chi connectivity index (χ3n) is 3.90. The highest BCUT2D eigenvalue weighted by Gasteiger charge is 2.45. The second-order valence-corrected chi connectivity index (χ2v) is 5.21. The summed E-state index contributed by atoms with van der Waals surface area (Å²) in [6.45, 7) is 2.04. The zero-order valence-corrected chi connectivity index (χ0v) is 9.72. The number of piperidine rings is 1.